The smallest absolute Gasteiger partial charge is 0.291 e. The van der Waals surface area contributed by atoms with Crippen molar-refractivity contribution in [2.45, 2.75) is 6.10 Å². The fourth-order valence-electron chi connectivity index (χ4n) is 2.81. The molecule has 2 heterocycles. The lowest BCUT2D eigenvalue weighted by molar-refractivity contribution is 0.0789. The quantitative estimate of drug-likeness (QED) is 0.608. The summed E-state index contributed by atoms with van der Waals surface area (Å²) in [6, 6.07) is 17.2. The number of fused-ring (bicyclic) bond motifs is 1. The Kier molecular flexibility index (Phi) is 5.53. The van der Waals surface area contributed by atoms with Crippen molar-refractivity contribution in [3.63, 3.8) is 0 Å². The van der Waals surface area contributed by atoms with Crippen molar-refractivity contribution < 1.29 is 23.5 Å². The molecule has 2 N–H and O–H groups in total. The van der Waals surface area contributed by atoms with E-state index >= 15 is 0 Å². The molecule has 2 amide bonds. The lowest BCUT2D eigenvalue weighted by Gasteiger charge is -2.26. The monoisotopic (exact) mass is 456 g/mol. The van der Waals surface area contributed by atoms with Gasteiger partial charge in [0.15, 0.2) is 21.9 Å². The predicted molar refractivity (Wildman–Crippen MR) is 109 cm³/mol. The molecule has 29 heavy (non-hydrogen) atoms. The van der Waals surface area contributed by atoms with Gasteiger partial charge in [-0.2, -0.15) is 0 Å². The van der Waals surface area contributed by atoms with Crippen LogP contribution in [0.15, 0.2) is 69.8 Å². The molecule has 1 aliphatic rings. The summed E-state index contributed by atoms with van der Waals surface area (Å²) in [5, 5.41) is 5.55. The summed E-state index contributed by atoms with van der Waals surface area (Å²) >= 11 is 3.15. The number of hydrogen-bond acceptors (Lipinski definition) is 5. The molecule has 0 saturated heterocycles. The molecular formula is C21H17BrN2O5. The van der Waals surface area contributed by atoms with Crippen LogP contribution in [0.4, 0.5) is 5.69 Å². The van der Waals surface area contributed by atoms with Crippen LogP contribution in [0.1, 0.15) is 20.9 Å². The summed E-state index contributed by atoms with van der Waals surface area (Å²) in [6.45, 7) is 0.685. The van der Waals surface area contributed by atoms with Crippen molar-refractivity contribution in [3.8, 4) is 11.5 Å². The molecule has 1 aromatic heterocycles. The van der Waals surface area contributed by atoms with Crippen LogP contribution in [0, 0.1) is 0 Å². The normalized spacial score (nSPS) is 14.9. The van der Waals surface area contributed by atoms with E-state index in [0.29, 0.717) is 40.6 Å². The maximum absolute atomic E-state index is 12.4. The number of benzene rings is 2. The second kappa shape index (κ2) is 8.40. The van der Waals surface area contributed by atoms with Crippen LogP contribution in [0.2, 0.25) is 0 Å². The van der Waals surface area contributed by atoms with E-state index in [1.54, 1.807) is 36.4 Å². The van der Waals surface area contributed by atoms with E-state index < -0.39 is 0 Å². The summed E-state index contributed by atoms with van der Waals surface area (Å²) in [6.07, 6.45) is -0.264. The minimum absolute atomic E-state index is 0.190. The van der Waals surface area contributed by atoms with Crippen LogP contribution in [0.25, 0.3) is 0 Å². The van der Waals surface area contributed by atoms with Gasteiger partial charge >= 0.3 is 0 Å². The molecule has 4 rings (SSSR count). The summed E-state index contributed by atoms with van der Waals surface area (Å²) in [7, 11) is 0. The third-order valence-corrected chi connectivity index (χ3v) is 4.69. The van der Waals surface area contributed by atoms with Crippen molar-refractivity contribution in [2.75, 3.05) is 18.5 Å². The second-order valence-corrected chi connectivity index (χ2v) is 7.12. The van der Waals surface area contributed by atoms with Crippen molar-refractivity contribution in [3.05, 3.63) is 76.7 Å². The maximum Gasteiger partial charge on any atom is 0.291 e. The predicted octanol–water partition coefficient (Wildman–Crippen LogP) is 3.86. The Balaban J connectivity index is 1.30. The van der Waals surface area contributed by atoms with Gasteiger partial charge in [-0.05, 0) is 64.5 Å². The molecule has 148 valence electrons. The van der Waals surface area contributed by atoms with Gasteiger partial charge in [0.2, 0.25) is 0 Å². The fourth-order valence-corrected chi connectivity index (χ4v) is 3.11. The zero-order valence-corrected chi connectivity index (χ0v) is 16.8. The molecule has 1 atom stereocenters. The van der Waals surface area contributed by atoms with Crippen molar-refractivity contribution in [1.82, 2.24) is 5.32 Å². The molecular weight excluding hydrogens is 440 g/mol. The molecule has 0 aliphatic carbocycles. The number of rotatable bonds is 5. The largest absolute Gasteiger partial charge is 0.486 e. The molecule has 0 bridgehead atoms. The van der Waals surface area contributed by atoms with Gasteiger partial charge in [-0.3, -0.25) is 9.59 Å². The number of halogens is 1. The highest BCUT2D eigenvalue weighted by molar-refractivity contribution is 9.10. The summed E-state index contributed by atoms with van der Waals surface area (Å²) in [5.74, 6) is 0.953. The molecule has 7 nitrogen and oxygen atoms in total. The number of amides is 2. The van der Waals surface area contributed by atoms with Gasteiger partial charge in [0.1, 0.15) is 12.7 Å². The Morgan fingerprint density at radius 1 is 0.966 bits per heavy atom. The first-order chi connectivity index (χ1) is 14.1. The Morgan fingerprint density at radius 3 is 2.45 bits per heavy atom. The van der Waals surface area contributed by atoms with Crippen LogP contribution in [-0.4, -0.2) is 31.1 Å². The standard InChI is InChI=1S/C21H17BrN2O5/c22-19-10-9-18(29-19)21(26)24-14-7-5-13(6-8-14)20(25)23-11-15-12-27-16-3-1-2-4-17(16)28-15/h1-10,15H,11-12H2,(H,23,25)(H,24,26)/t15-/m1/s1. The highest BCUT2D eigenvalue weighted by Crippen LogP contribution is 2.30. The minimum Gasteiger partial charge on any atom is -0.486 e. The number of ether oxygens (including phenoxy) is 2. The minimum atomic E-state index is -0.373. The van der Waals surface area contributed by atoms with E-state index in [9.17, 15) is 9.59 Å². The van der Waals surface area contributed by atoms with Gasteiger partial charge < -0.3 is 24.5 Å². The number of hydrogen-bond donors (Lipinski definition) is 2. The Labute approximate surface area is 175 Å². The van der Waals surface area contributed by atoms with Gasteiger partial charge in [0, 0.05) is 11.3 Å². The van der Waals surface area contributed by atoms with Crippen LogP contribution >= 0.6 is 15.9 Å². The molecule has 3 aromatic rings. The van der Waals surface area contributed by atoms with Gasteiger partial charge in [-0.15, -0.1) is 0 Å². The average Bonchev–Trinajstić information content (AvgIpc) is 3.19. The number of anilines is 1. The Morgan fingerprint density at radius 2 is 1.72 bits per heavy atom. The fraction of sp³-hybridized carbons (Fsp3) is 0.143. The summed E-state index contributed by atoms with van der Waals surface area (Å²) < 4.78 is 17.1. The SMILES string of the molecule is O=C(NC[C@@H]1COc2ccccc2O1)c1ccc(NC(=O)c2ccc(Br)o2)cc1. The number of nitrogens with one attached hydrogen (secondary N) is 2. The van der Waals surface area contributed by atoms with Gasteiger partial charge in [-0.1, -0.05) is 12.1 Å². The van der Waals surface area contributed by atoms with E-state index in [-0.39, 0.29) is 23.7 Å². The highest BCUT2D eigenvalue weighted by atomic mass is 79.9. The first-order valence-corrected chi connectivity index (χ1v) is 9.71. The third kappa shape index (κ3) is 4.60. The molecule has 8 heteroatoms. The van der Waals surface area contributed by atoms with E-state index in [0.717, 1.165) is 0 Å². The molecule has 0 radical (unpaired) electrons. The van der Waals surface area contributed by atoms with Crippen LogP contribution in [0.3, 0.4) is 0 Å². The van der Waals surface area contributed by atoms with Gasteiger partial charge in [-0.25, -0.2) is 0 Å². The molecule has 0 spiro atoms. The first-order valence-electron chi connectivity index (χ1n) is 8.92. The molecule has 0 unspecified atom stereocenters. The Hall–Kier alpha value is -3.26. The number of para-hydroxylation sites is 2. The zero-order valence-electron chi connectivity index (χ0n) is 15.2. The lowest BCUT2D eigenvalue weighted by Crippen LogP contribution is -2.40. The van der Waals surface area contributed by atoms with Crippen LogP contribution < -0.4 is 20.1 Å². The molecule has 2 aromatic carbocycles. The van der Waals surface area contributed by atoms with E-state index in [2.05, 4.69) is 26.6 Å². The second-order valence-electron chi connectivity index (χ2n) is 6.34. The molecule has 0 fully saturated rings. The topological polar surface area (TPSA) is 89.8 Å². The maximum atomic E-state index is 12.4. The van der Waals surface area contributed by atoms with Gasteiger partial charge in [0.05, 0.1) is 6.54 Å². The van der Waals surface area contributed by atoms with Crippen molar-refractivity contribution in [2.24, 2.45) is 0 Å². The third-order valence-electron chi connectivity index (χ3n) is 4.26. The summed E-state index contributed by atoms with van der Waals surface area (Å²) in [4.78, 5) is 24.5. The van der Waals surface area contributed by atoms with E-state index in [1.807, 2.05) is 24.3 Å². The zero-order chi connectivity index (χ0) is 20.2. The number of furan rings is 1. The number of carbonyl (C=O) groups excluding carboxylic acids is 2. The first kappa shape index (κ1) is 19.1. The summed E-state index contributed by atoms with van der Waals surface area (Å²) in [5.41, 5.74) is 1.03. The van der Waals surface area contributed by atoms with Crippen LogP contribution in [0.5, 0.6) is 11.5 Å². The molecule has 1 aliphatic heterocycles. The van der Waals surface area contributed by atoms with Crippen molar-refractivity contribution >= 4 is 33.4 Å². The van der Waals surface area contributed by atoms with Crippen molar-refractivity contribution in [1.29, 1.82) is 0 Å². The van der Waals surface area contributed by atoms with E-state index in [1.165, 1.54) is 0 Å². The Bertz CT molecular complexity index is 1030. The molecule has 0 saturated carbocycles. The van der Waals surface area contributed by atoms with E-state index in [4.69, 9.17) is 13.9 Å². The average molecular weight is 457 g/mol. The number of carbonyl (C=O) groups is 2. The lowest BCUT2D eigenvalue weighted by atomic mass is 10.2. The van der Waals surface area contributed by atoms with Crippen LogP contribution in [-0.2, 0) is 0 Å². The highest BCUT2D eigenvalue weighted by Gasteiger charge is 2.21. The van der Waals surface area contributed by atoms with Gasteiger partial charge in [0.25, 0.3) is 11.8 Å².